The van der Waals surface area contributed by atoms with Crippen LogP contribution in [-0.2, 0) is 11.3 Å². The highest BCUT2D eigenvalue weighted by Gasteiger charge is 2.11. The molecular weight excluding hydrogens is 220 g/mol. The number of carbonyl (C=O) groups is 1. The van der Waals surface area contributed by atoms with Crippen LogP contribution in [0.25, 0.3) is 0 Å². The highest BCUT2D eigenvalue weighted by molar-refractivity contribution is 5.81. The summed E-state index contributed by atoms with van der Waals surface area (Å²) in [5.74, 6) is 1.06. The average molecular weight is 238 g/mol. The molecular formula is C12H18N2O3. The maximum Gasteiger partial charge on any atom is 0.236 e. The fourth-order valence-electron chi connectivity index (χ4n) is 1.44. The Bertz CT molecular complexity index is 391. The number of ether oxygens (including phenoxy) is 2. The number of nitrogens with two attached hydrogens (primary N) is 1. The zero-order valence-corrected chi connectivity index (χ0v) is 10.3. The third kappa shape index (κ3) is 3.35. The van der Waals surface area contributed by atoms with Crippen LogP contribution in [0.3, 0.4) is 0 Å². The number of rotatable bonds is 5. The maximum absolute atomic E-state index is 11.4. The minimum Gasteiger partial charge on any atom is -0.493 e. The zero-order chi connectivity index (χ0) is 12.8. The molecule has 5 heteroatoms. The summed E-state index contributed by atoms with van der Waals surface area (Å²) in [4.78, 5) is 11.4. The molecule has 5 nitrogen and oxygen atoms in total. The van der Waals surface area contributed by atoms with Crippen molar-refractivity contribution < 1.29 is 14.3 Å². The van der Waals surface area contributed by atoms with Gasteiger partial charge in [-0.1, -0.05) is 12.1 Å². The monoisotopic (exact) mass is 238 g/mol. The molecule has 0 fully saturated rings. The normalized spacial score (nSPS) is 11.8. The minimum atomic E-state index is -0.522. The Kier molecular flexibility index (Phi) is 4.78. The number of nitrogens with one attached hydrogen (secondary N) is 1. The van der Waals surface area contributed by atoms with E-state index in [9.17, 15) is 4.79 Å². The first-order valence-electron chi connectivity index (χ1n) is 5.33. The van der Waals surface area contributed by atoms with E-state index in [1.807, 2.05) is 12.1 Å². The van der Waals surface area contributed by atoms with Gasteiger partial charge in [-0.2, -0.15) is 0 Å². The predicted octanol–water partition coefficient (Wildman–Crippen LogP) is 0.667. The molecule has 3 N–H and O–H groups in total. The van der Waals surface area contributed by atoms with Gasteiger partial charge < -0.3 is 20.5 Å². The van der Waals surface area contributed by atoms with Crippen LogP contribution < -0.4 is 20.5 Å². The third-order valence-electron chi connectivity index (χ3n) is 2.35. The third-order valence-corrected chi connectivity index (χ3v) is 2.35. The van der Waals surface area contributed by atoms with E-state index in [1.165, 1.54) is 0 Å². The second kappa shape index (κ2) is 6.10. The Morgan fingerprint density at radius 2 is 2.12 bits per heavy atom. The molecule has 0 saturated carbocycles. The van der Waals surface area contributed by atoms with E-state index in [0.717, 1.165) is 5.56 Å². The van der Waals surface area contributed by atoms with E-state index in [1.54, 1.807) is 27.2 Å². The molecule has 1 aromatic carbocycles. The van der Waals surface area contributed by atoms with Crippen molar-refractivity contribution in [1.82, 2.24) is 5.32 Å². The Morgan fingerprint density at radius 3 is 2.65 bits per heavy atom. The number of amides is 1. The van der Waals surface area contributed by atoms with Crippen molar-refractivity contribution in [3.63, 3.8) is 0 Å². The first-order chi connectivity index (χ1) is 8.10. The number of hydrogen-bond acceptors (Lipinski definition) is 4. The SMILES string of the molecule is COc1cccc(CNC(=O)C(C)N)c1OC. The van der Waals surface area contributed by atoms with Crippen molar-refractivity contribution in [2.24, 2.45) is 5.73 Å². The Balaban J connectivity index is 2.80. The number of methoxy groups -OCH3 is 2. The summed E-state index contributed by atoms with van der Waals surface area (Å²) in [5, 5.41) is 2.72. The fourth-order valence-corrected chi connectivity index (χ4v) is 1.44. The molecule has 1 unspecified atom stereocenters. The maximum atomic E-state index is 11.4. The molecule has 0 aliphatic rings. The summed E-state index contributed by atoms with van der Waals surface area (Å²) in [6, 6.07) is 4.99. The zero-order valence-electron chi connectivity index (χ0n) is 10.3. The summed E-state index contributed by atoms with van der Waals surface area (Å²) < 4.78 is 10.4. The average Bonchev–Trinajstić information content (AvgIpc) is 2.34. The lowest BCUT2D eigenvalue weighted by Gasteiger charge is -2.13. The van der Waals surface area contributed by atoms with E-state index in [0.29, 0.717) is 18.0 Å². The molecule has 94 valence electrons. The Hall–Kier alpha value is -1.75. The van der Waals surface area contributed by atoms with Gasteiger partial charge in [0.05, 0.1) is 20.3 Å². The van der Waals surface area contributed by atoms with E-state index < -0.39 is 6.04 Å². The summed E-state index contributed by atoms with van der Waals surface area (Å²) >= 11 is 0. The molecule has 0 radical (unpaired) electrons. The highest BCUT2D eigenvalue weighted by Crippen LogP contribution is 2.30. The van der Waals surface area contributed by atoms with Crippen LogP contribution in [0.4, 0.5) is 0 Å². The summed E-state index contributed by atoms with van der Waals surface area (Å²) in [5.41, 5.74) is 6.31. The van der Waals surface area contributed by atoms with Gasteiger partial charge in [0, 0.05) is 12.1 Å². The van der Waals surface area contributed by atoms with E-state index in [2.05, 4.69) is 5.32 Å². The predicted molar refractivity (Wildman–Crippen MR) is 65.0 cm³/mol. The lowest BCUT2D eigenvalue weighted by molar-refractivity contribution is -0.122. The van der Waals surface area contributed by atoms with Crippen LogP contribution >= 0.6 is 0 Å². The number of hydrogen-bond donors (Lipinski definition) is 2. The molecule has 0 spiro atoms. The van der Waals surface area contributed by atoms with Crippen LogP contribution in [-0.4, -0.2) is 26.2 Å². The van der Waals surface area contributed by atoms with Gasteiger partial charge in [-0.3, -0.25) is 4.79 Å². The molecule has 1 aromatic rings. The summed E-state index contributed by atoms with van der Waals surface area (Å²) in [7, 11) is 3.14. The molecule has 0 saturated heterocycles. The fraction of sp³-hybridized carbons (Fsp3) is 0.417. The molecule has 1 amide bonds. The molecule has 1 atom stereocenters. The molecule has 17 heavy (non-hydrogen) atoms. The van der Waals surface area contributed by atoms with Crippen molar-refractivity contribution in [2.45, 2.75) is 19.5 Å². The second-order valence-electron chi connectivity index (χ2n) is 3.66. The van der Waals surface area contributed by atoms with Crippen molar-refractivity contribution in [2.75, 3.05) is 14.2 Å². The van der Waals surface area contributed by atoms with Crippen LogP contribution in [0.5, 0.6) is 11.5 Å². The summed E-state index contributed by atoms with van der Waals surface area (Å²) in [6.45, 7) is 2.00. The quantitative estimate of drug-likeness (QED) is 0.790. The van der Waals surface area contributed by atoms with Gasteiger partial charge >= 0.3 is 0 Å². The van der Waals surface area contributed by atoms with Crippen LogP contribution in [0.1, 0.15) is 12.5 Å². The lowest BCUT2D eigenvalue weighted by Crippen LogP contribution is -2.37. The van der Waals surface area contributed by atoms with Gasteiger partial charge in [0.2, 0.25) is 5.91 Å². The smallest absolute Gasteiger partial charge is 0.236 e. The second-order valence-corrected chi connectivity index (χ2v) is 3.66. The molecule has 0 aromatic heterocycles. The van der Waals surface area contributed by atoms with Crippen LogP contribution in [0.15, 0.2) is 18.2 Å². The first kappa shape index (κ1) is 13.3. The highest BCUT2D eigenvalue weighted by atomic mass is 16.5. The van der Waals surface area contributed by atoms with E-state index in [-0.39, 0.29) is 5.91 Å². The first-order valence-corrected chi connectivity index (χ1v) is 5.33. The Labute approximate surface area is 101 Å². The van der Waals surface area contributed by atoms with Crippen molar-refractivity contribution >= 4 is 5.91 Å². The Morgan fingerprint density at radius 1 is 1.41 bits per heavy atom. The molecule has 0 aliphatic carbocycles. The molecule has 1 rings (SSSR count). The molecule has 0 heterocycles. The minimum absolute atomic E-state index is 0.199. The molecule has 0 aliphatic heterocycles. The molecule has 0 bridgehead atoms. The largest absolute Gasteiger partial charge is 0.493 e. The lowest BCUT2D eigenvalue weighted by atomic mass is 10.1. The van der Waals surface area contributed by atoms with Gasteiger partial charge in [0.15, 0.2) is 11.5 Å². The van der Waals surface area contributed by atoms with E-state index >= 15 is 0 Å². The van der Waals surface area contributed by atoms with Gasteiger partial charge in [0.25, 0.3) is 0 Å². The summed E-state index contributed by atoms with van der Waals surface area (Å²) in [6.07, 6.45) is 0. The number of benzene rings is 1. The van der Waals surface area contributed by atoms with Crippen molar-refractivity contribution in [3.05, 3.63) is 23.8 Å². The van der Waals surface area contributed by atoms with Gasteiger partial charge in [0.1, 0.15) is 0 Å². The van der Waals surface area contributed by atoms with Crippen LogP contribution in [0, 0.1) is 0 Å². The van der Waals surface area contributed by atoms with Gasteiger partial charge in [-0.25, -0.2) is 0 Å². The standard InChI is InChI=1S/C12H18N2O3/c1-8(13)12(15)14-7-9-5-4-6-10(16-2)11(9)17-3/h4-6,8H,7,13H2,1-3H3,(H,14,15). The van der Waals surface area contributed by atoms with Gasteiger partial charge in [-0.05, 0) is 13.0 Å². The van der Waals surface area contributed by atoms with Crippen LogP contribution in [0.2, 0.25) is 0 Å². The number of carbonyl (C=O) groups excluding carboxylic acids is 1. The number of para-hydroxylation sites is 1. The van der Waals surface area contributed by atoms with E-state index in [4.69, 9.17) is 15.2 Å². The van der Waals surface area contributed by atoms with Crippen molar-refractivity contribution in [1.29, 1.82) is 0 Å². The topological polar surface area (TPSA) is 73.6 Å². The van der Waals surface area contributed by atoms with Gasteiger partial charge in [-0.15, -0.1) is 0 Å². The van der Waals surface area contributed by atoms with Crippen molar-refractivity contribution in [3.8, 4) is 11.5 Å².